The van der Waals surface area contributed by atoms with E-state index in [9.17, 15) is 26.4 Å². The molecule has 0 N–H and O–H groups in total. The lowest BCUT2D eigenvalue weighted by Gasteiger charge is -2.34. The van der Waals surface area contributed by atoms with Crippen molar-refractivity contribution in [3.8, 4) is 0 Å². The molecule has 3 rings (SSSR count). The fourth-order valence-corrected chi connectivity index (χ4v) is 5.52. The first-order chi connectivity index (χ1) is 13.6. The van der Waals surface area contributed by atoms with E-state index >= 15 is 0 Å². The van der Waals surface area contributed by atoms with Gasteiger partial charge in [0.1, 0.15) is 0 Å². The van der Waals surface area contributed by atoms with Crippen LogP contribution in [0.4, 0.5) is 13.2 Å². The Bertz CT molecular complexity index is 830. The summed E-state index contributed by atoms with van der Waals surface area (Å²) in [5, 5.41) is 0. The van der Waals surface area contributed by atoms with Crippen LogP contribution in [0, 0.1) is 11.8 Å². The van der Waals surface area contributed by atoms with Gasteiger partial charge >= 0.3 is 6.18 Å². The highest BCUT2D eigenvalue weighted by Gasteiger charge is 2.40. The van der Waals surface area contributed by atoms with Gasteiger partial charge < -0.3 is 4.90 Å². The molecule has 29 heavy (non-hydrogen) atoms. The average Bonchev–Trinajstić information content (AvgIpc) is 3.51. The molecule has 0 unspecified atom stereocenters. The number of alkyl halides is 3. The van der Waals surface area contributed by atoms with E-state index in [0.717, 1.165) is 42.2 Å². The maximum absolute atomic E-state index is 13.3. The molecule has 162 valence electrons. The van der Waals surface area contributed by atoms with E-state index in [2.05, 4.69) is 0 Å². The summed E-state index contributed by atoms with van der Waals surface area (Å²) in [6.07, 6.45) is -0.943. The second-order valence-corrected chi connectivity index (χ2v) is 9.81. The summed E-state index contributed by atoms with van der Waals surface area (Å²) in [5.74, 6) is 0.348. The van der Waals surface area contributed by atoms with Crippen molar-refractivity contribution in [2.75, 3.05) is 26.2 Å². The molecule has 1 aliphatic carbocycles. The number of rotatable bonds is 7. The van der Waals surface area contributed by atoms with Crippen molar-refractivity contribution in [3.63, 3.8) is 0 Å². The van der Waals surface area contributed by atoms with E-state index in [1.807, 2.05) is 11.8 Å². The number of hydrogen-bond acceptors (Lipinski definition) is 3. The molecule has 1 aromatic carbocycles. The Morgan fingerprint density at radius 3 is 2.31 bits per heavy atom. The van der Waals surface area contributed by atoms with Crippen molar-refractivity contribution in [2.24, 2.45) is 11.8 Å². The standard InChI is InChI=1S/C20H27F3N2O3S/c1-2-11-24(14-15-7-8-15)19(26)16-9-12-25(13-10-16)29(27,28)18-6-4-3-5-17(18)20(21,22)23/h3-6,15-16H,2,7-14H2,1H3. The molecule has 5 nitrogen and oxygen atoms in total. The molecule has 0 spiro atoms. The minimum absolute atomic E-state index is 0.0477. The van der Waals surface area contributed by atoms with Crippen LogP contribution in [-0.2, 0) is 21.0 Å². The second-order valence-electron chi connectivity index (χ2n) is 7.90. The van der Waals surface area contributed by atoms with Gasteiger partial charge in [-0.25, -0.2) is 8.42 Å². The highest BCUT2D eigenvalue weighted by atomic mass is 32.2. The Labute approximate surface area is 169 Å². The zero-order chi connectivity index (χ0) is 21.2. The Kier molecular flexibility index (Phi) is 6.57. The summed E-state index contributed by atoms with van der Waals surface area (Å²) in [6, 6.07) is 4.24. The number of sulfonamides is 1. The molecule has 1 saturated carbocycles. The largest absolute Gasteiger partial charge is 0.417 e. The van der Waals surface area contributed by atoms with Crippen LogP contribution in [0.3, 0.4) is 0 Å². The summed E-state index contributed by atoms with van der Waals surface area (Å²) < 4.78 is 66.5. The van der Waals surface area contributed by atoms with Crippen molar-refractivity contribution in [1.82, 2.24) is 9.21 Å². The summed E-state index contributed by atoms with van der Waals surface area (Å²) in [7, 11) is -4.28. The lowest BCUT2D eigenvalue weighted by atomic mass is 9.96. The molecule has 1 heterocycles. The summed E-state index contributed by atoms with van der Waals surface area (Å²) in [4.78, 5) is 14.0. The van der Waals surface area contributed by atoms with Crippen LogP contribution in [0.2, 0.25) is 0 Å². The molecule has 1 aromatic rings. The van der Waals surface area contributed by atoms with Gasteiger partial charge in [0.25, 0.3) is 0 Å². The second kappa shape index (κ2) is 8.63. The predicted octanol–water partition coefficient (Wildman–Crippen LogP) is 3.75. The molecule has 1 amide bonds. The summed E-state index contributed by atoms with van der Waals surface area (Å²) in [6.45, 7) is 3.56. The number of nitrogens with zero attached hydrogens (tertiary/aromatic N) is 2. The van der Waals surface area contributed by atoms with Crippen LogP contribution in [0.15, 0.2) is 29.2 Å². The smallest absolute Gasteiger partial charge is 0.342 e. The molecule has 2 fully saturated rings. The number of benzene rings is 1. The molecule has 2 aliphatic rings. The van der Waals surface area contributed by atoms with Crippen molar-refractivity contribution >= 4 is 15.9 Å². The number of hydrogen-bond donors (Lipinski definition) is 0. The lowest BCUT2D eigenvalue weighted by molar-refractivity contribution is -0.140. The van der Waals surface area contributed by atoms with Crippen LogP contribution < -0.4 is 0 Å². The first-order valence-electron chi connectivity index (χ1n) is 10.1. The topological polar surface area (TPSA) is 57.7 Å². The van der Waals surface area contributed by atoms with Gasteiger partial charge in [0.05, 0.1) is 10.5 Å². The SMILES string of the molecule is CCCN(CC1CC1)C(=O)C1CCN(S(=O)(=O)c2ccccc2C(F)(F)F)CC1. The Morgan fingerprint density at radius 1 is 1.14 bits per heavy atom. The zero-order valence-electron chi connectivity index (χ0n) is 16.5. The van der Waals surface area contributed by atoms with Gasteiger partial charge in [0.2, 0.25) is 15.9 Å². The van der Waals surface area contributed by atoms with E-state index in [-0.39, 0.29) is 24.9 Å². The molecular formula is C20H27F3N2O3S. The number of amides is 1. The third kappa shape index (κ3) is 5.12. The van der Waals surface area contributed by atoms with Gasteiger partial charge in [-0.3, -0.25) is 4.79 Å². The Balaban J connectivity index is 1.69. The quantitative estimate of drug-likeness (QED) is 0.659. The van der Waals surface area contributed by atoms with E-state index in [1.54, 1.807) is 0 Å². The molecular weight excluding hydrogens is 405 g/mol. The van der Waals surface area contributed by atoms with E-state index < -0.39 is 26.7 Å². The molecule has 0 radical (unpaired) electrons. The normalized spacial score (nSPS) is 19.3. The molecule has 0 bridgehead atoms. The minimum atomic E-state index is -4.75. The van der Waals surface area contributed by atoms with Crippen LogP contribution >= 0.6 is 0 Å². The van der Waals surface area contributed by atoms with Gasteiger partial charge in [0.15, 0.2) is 0 Å². The van der Waals surface area contributed by atoms with E-state index in [1.165, 1.54) is 12.1 Å². The third-order valence-corrected chi connectivity index (χ3v) is 7.55. The minimum Gasteiger partial charge on any atom is -0.342 e. The number of carbonyl (C=O) groups is 1. The summed E-state index contributed by atoms with van der Waals surface area (Å²) in [5.41, 5.74) is -1.16. The highest BCUT2D eigenvalue weighted by Crippen LogP contribution is 2.36. The maximum Gasteiger partial charge on any atom is 0.417 e. The van der Waals surface area contributed by atoms with Gasteiger partial charge in [0, 0.05) is 32.1 Å². The third-order valence-electron chi connectivity index (χ3n) is 5.59. The predicted molar refractivity (Wildman–Crippen MR) is 103 cm³/mol. The first kappa shape index (κ1) is 22.1. The summed E-state index contributed by atoms with van der Waals surface area (Å²) >= 11 is 0. The van der Waals surface area contributed by atoms with Crippen LogP contribution in [0.25, 0.3) is 0 Å². The number of halogens is 3. The molecule has 0 atom stereocenters. The zero-order valence-corrected chi connectivity index (χ0v) is 17.3. The number of piperidine rings is 1. The van der Waals surface area contributed by atoms with Gasteiger partial charge in [-0.1, -0.05) is 19.1 Å². The first-order valence-corrected chi connectivity index (χ1v) is 11.5. The maximum atomic E-state index is 13.3. The molecule has 0 aromatic heterocycles. The van der Waals surface area contributed by atoms with Crippen molar-refractivity contribution in [3.05, 3.63) is 29.8 Å². The van der Waals surface area contributed by atoms with Gasteiger partial charge in [-0.2, -0.15) is 17.5 Å². The Hall–Kier alpha value is -1.61. The Morgan fingerprint density at radius 2 is 1.76 bits per heavy atom. The fraction of sp³-hybridized carbons (Fsp3) is 0.650. The van der Waals surface area contributed by atoms with Crippen molar-refractivity contribution in [1.29, 1.82) is 0 Å². The molecule has 1 aliphatic heterocycles. The van der Waals surface area contributed by atoms with E-state index in [4.69, 9.17) is 0 Å². The number of carbonyl (C=O) groups excluding carboxylic acids is 1. The van der Waals surface area contributed by atoms with Crippen molar-refractivity contribution < 1.29 is 26.4 Å². The monoisotopic (exact) mass is 432 g/mol. The highest BCUT2D eigenvalue weighted by molar-refractivity contribution is 7.89. The van der Waals surface area contributed by atoms with Crippen molar-refractivity contribution in [2.45, 2.75) is 50.1 Å². The molecule has 9 heteroatoms. The molecule has 1 saturated heterocycles. The van der Waals surface area contributed by atoms with E-state index in [0.29, 0.717) is 25.3 Å². The lowest BCUT2D eigenvalue weighted by Crippen LogP contribution is -2.45. The van der Waals surface area contributed by atoms with Crippen LogP contribution in [-0.4, -0.2) is 49.7 Å². The van der Waals surface area contributed by atoms with Crippen LogP contribution in [0.1, 0.15) is 44.6 Å². The van der Waals surface area contributed by atoms with Gasteiger partial charge in [-0.05, 0) is 50.2 Å². The average molecular weight is 433 g/mol. The fourth-order valence-electron chi connectivity index (χ4n) is 3.84. The van der Waals surface area contributed by atoms with Gasteiger partial charge in [-0.15, -0.1) is 0 Å². The van der Waals surface area contributed by atoms with Crippen LogP contribution in [0.5, 0.6) is 0 Å².